The highest BCUT2D eigenvalue weighted by Gasteiger charge is 2.01. The van der Waals surface area contributed by atoms with Crippen molar-refractivity contribution < 1.29 is 9.84 Å². The Bertz CT molecular complexity index is 286. The van der Waals surface area contributed by atoms with Crippen molar-refractivity contribution >= 4 is 5.69 Å². The number of phenols is 1. The van der Waals surface area contributed by atoms with Gasteiger partial charge >= 0.3 is 0 Å². The molecule has 0 aromatic heterocycles. The van der Waals surface area contributed by atoms with Crippen molar-refractivity contribution in [3.05, 3.63) is 23.1 Å². The van der Waals surface area contributed by atoms with Crippen LogP contribution < -0.4 is 4.74 Å². The number of hydrogen-bond acceptors (Lipinski definition) is 4. The zero-order chi connectivity index (χ0) is 8.97. The van der Waals surface area contributed by atoms with Gasteiger partial charge in [-0.25, -0.2) is 0 Å². The third kappa shape index (κ3) is 1.72. The molecule has 0 saturated heterocycles. The Labute approximate surface area is 69.8 Å². The molecule has 0 heterocycles. The van der Waals surface area contributed by atoms with E-state index in [0.29, 0.717) is 12.4 Å². The number of rotatable bonds is 3. The molecule has 0 atom stereocenters. The monoisotopic (exact) mass is 167 g/mol. The fourth-order valence-corrected chi connectivity index (χ4v) is 0.837. The molecule has 4 nitrogen and oxygen atoms in total. The third-order valence-corrected chi connectivity index (χ3v) is 1.36. The van der Waals surface area contributed by atoms with E-state index in [1.54, 1.807) is 6.07 Å². The van der Waals surface area contributed by atoms with Crippen LogP contribution in [0.1, 0.15) is 6.92 Å². The number of ether oxygens (including phenoxy) is 1. The lowest BCUT2D eigenvalue weighted by atomic mass is 10.3. The van der Waals surface area contributed by atoms with E-state index in [4.69, 9.17) is 9.84 Å². The van der Waals surface area contributed by atoms with Gasteiger partial charge in [-0.05, 0) is 24.2 Å². The second-order valence-corrected chi connectivity index (χ2v) is 2.17. The first-order valence-corrected chi connectivity index (χ1v) is 3.57. The molecule has 1 rings (SSSR count). The predicted octanol–water partition coefficient (Wildman–Crippen LogP) is 2.19. The third-order valence-electron chi connectivity index (χ3n) is 1.36. The topological polar surface area (TPSA) is 58.9 Å². The molecule has 0 radical (unpaired) electrons. The van der Waals surface area contributed by atoms with Crippen molar-refractivity contribution in [3.8, 4) is 11.5 Å². The quantitative estimate of drug-likeness (QED) is 0.702. The van der Waals surface area contributed by atoms with Crippen molar-refractivity contribution in [2.75, 3.05) is 6.61 Å². The summed E-state index contributed by atoms with van der Waals surface area (Å²) in [5.74, 6) is 0.373. The molecule has 0 saturated carbocycles. The van der Waals surface area contributed by atoms with Gasteiger partial charge in [-0.2, -0.15) is 0 Å². The number of phenolic OH excluding ortho intramolecular Hbond substituents is 1. The number of aromatic hydroxyl groups is 1. The summed E-state index contributed by atoms with van der Waals surface area (Å²) in [5, 5.41) is 11.8. The summed E-state index contributed by atoms with van der Waals surface area (Å²) in [4.78, 5) is 10.0. The zero-order valence-electron chi connectivity index (χ0n) is 6.65. The second kappa shape index (κ2) is 3.71. The Balaban J connectivity index is 2.93. The van der Waals surface area contributed by atoms with Crippen LogP contribution in [0.3, 0.4) is 0 Å². The smallest absolute Gasteiger partial charge is 0.149 e. The minimum atomic E-state index is -0.157. The van der Waals surface area contributed by atoms with Gasteiger partial charge in [0.15, 0.2) is 0 Å². The number of hydrogen-bond donors (Lipinski definition) is 1. The SMILES string of the molecule is CCOc1ccc(N=O)c(O)c1. The summed E-state index contributed by atoms with van der Waals surface area (Å²) >= 11 is 0. The molecule has 0 amide bonds. The van der Waals surface area contributed by atoms with Crippen LogP contribution in [-0.2, 0) is 0 Å². The molecule has 0 fully saturated rings. The molecule has 0 aliphatic carbocycles. The normalized spacial score (nSPS) is 9.42. The first kappa shape index (κ1) is 8.52. The fraction of sp³-hybridized carbons (Fsp3) is 0.250. The lowest BCUT2D eigenvalue weighted by Gasteiger charge is -2.02. The largest absolute Gasteiger partial charge is 0.505 e. The first-order valence-electron chi connectivity index (χ1n) is 3.57. The lowest BCUT2D eigenvalue weighted by Crippen LogP contribution is -1.90. The molecule has 0 spiro atoms. The first-order chi connectivity index (χ1) is 5.77. The lowest BCUT2D eigenvalue weighted by molar-refractivity contribution is 0.338. The van der Waals surface area contributed by atoms with Crippen LogP contribution in [0, 0.1) is 4.91 Å². The summed E-state index contributed by atoms with van der Waals surface area (Å²) in [7, 11) is 0. The predicted molar refractivity (Wildman–Crippen MR) is 44.7 cm³/mol. The van der Waals surface area contributed by atoms with Gasteiger partial charge < -0.3 is 9.84 Å². The van der Waals surface area contributed by atoms with Gasteiger partial charge in [0, 0.05) is 6.07 Å². The molecule has 0 bridgehead atoms. The maximum atomic E-state index is 10.0. The Morgan fingerprint density at radius 1 is 1.58 bits per heavy atom. The molecule has 64 valence electrons. The van der Waals surface area contributed by atoms with E-state index in [2.05, 4.69) is 5.18 Å². The van der Waals surface area contributed by atoms with Crippen LogP contribution in [0.2, 0.25) is 0 Å². The number of nitroso groups, excluding NO2 is 1. The van der Waals surface area contributed by atoms with E-state index in [0.717, 1.165) is 0 Å². The van der Waals surface area contributed by atoms with Gasteiger partial charge in [0.1, 0.15) is 17.2 Å². The molecule has 1 N–H and O–H groups in total. The summed E-state index contributed by atoms with van der Waals surface area (Å²) in [5.41, 5.74) is 0.0263. The Kier molecular flexibility index (Phi) is 2.63. The summed E-state index contributed by atoms with van der Waals surface area (Å²) in [6.07, 6.45) is 0. The Morgan fingerprint density at radius 2 is 2.33 bits per heavy atom. The van der Waals surface area contributed by atoms with E-state index in [1.807, 2.05) is 6.92 Å². The maximum Gasteiger partial charge on any atom is 0.149 e. The van der Waals surface area contributed by atoms with E-state index in [-0.39, 0.29) is 11.4 Å². The molecule has 0 aliphatic heterocycles. The average molecular weight is 167 g/mol. The average Bonchev–Trinajstić information content (AvgIpc) is 2.05. The van der Waals surface area contributed by atoms with Crippen molar-refractivity contribution in [1.82, 2.24) is 0 Å². The summed E-state index contributed by atoms with van der Waals surface area (Å²) in [6, 6.07) is 4.35. The zero-order valence-corrected chi connectivity index (χ0v) is 6.65. The Hall–Kier alpha value is -1.58. The number of nitrogens with zero attached hydrogens (tertiary/aromatic N) is 1. The molecule has 1 aromatic carbocycles. The van der Waals surface area contributed by atoms with Gasteiger partial charge in [0.25, 0.3) is 0 Å². The second-order valence-electron chi connectivity index (χ2n) is 2.17. The van der Waals surface area contributed by atoms with Gasteiger partial charge in [-0.1, -0.05) is 0 Å². The van der Waals surface area contributed by atoms with E-state index >= 15 is 0 Å². The molecule has 12 heavy (non-hydrogen) atoms. The highest BCUT2D eigenvalue weighted by molar-refractivity contribution is 5.53. The summed E-state index contributed by atoms with van der Waals surface area (Å²) < 4.78 is 5.08. The van der Waals surface area contributed by atoms with Crippen LogP contribution in [-0.4, -0.2) is 11.7 Å². The van der Waals surface area contributed by atoms with Crippen molar-refractivity contribution in [3.63, 3.8) is 0 Å². The fourth-order valence-electron chi connectivity index (χ4n) is 0.837. The van der Waals surface area contributed by atoms with Gasteiger partial charge in [0.2, 0.25) is 0 Å². The van der Waals surface area contributed by atoms with E-state index in [9.17, 15) is 4.91 Å². The van der Waals surface area contributed by atoms with E-state index in [1.165, 1.54) is 12.1 Å². The molecular formula is C8H9NO3. The maximum absolute atomic E-state index is 10.0. The van der Waals surface area contributed by atoms with Crippen molar-refractivity contribution in [1.29, 1.82) is 0 Å². The molecule has 0 unspecified atom stereocenters. The minimum absolute atomic E-state index is 0.0263. The van der Waals surface area contributed by atoms with E-state index < -0.39 is 0 Å². The van der Waals surface area contributed by atoms with Crippen LogP contribution in [0.25, 0.3) is 0 Å². The van der Waals surface area contributed by atoms with Crippen LogP contribution in [0.5, 0.6) is 11.5 Å². The summed E-state index contributed by atoms with van der Waals surface area (Å²) in [6.45, 7) is 2.36. The van der Waals surface area contributed by atoms with Crippen LogP contribution in [0.15, 0.2) is 23.4 Å². The standard InChI is InChI=1S/C8H9NO3/c1-2-12-6-3-4-7(9-11)8(10)5-6/h3-5,10H,2H2,1H3. The van der Waals surface area contributed by atoms with Crippen molar-refractivity contribution in [2.45, 2.75) is 6.92 Å². The van der Waals surface area contributed by atoms with Gasteiger partial charge in [-0.15, -0.1) is 4.91 Å². The van der Waals surface area contributed by atoms with Crippen molar-refractivity contribution in [2.24, 2.45) is 5.18 Å². The molecular weight excluding hydrogens is 158 g/mol. The molecule has 0 aliphatic rings. The highest BCUT2D eigenvalue weighted by atomic mass is 16.5. The highest BCUT2D eigenvalue weighted by Crippen LogP contribution is 2.29. The van der Waals surface area contributed by atoms with Crippen LogP contribution >= 0.6 is 0 Å². The van der Waals surface area contributed by atoms with Gasteiger partial charge in [0.05, 0.1) is 6.61 Å². The molecule has 1 aromatic rings. The minimum Gasteiger partial charge on any atom is -0.505 e. The molecule has 4 heteroatoms. The number of benzene rings is 1. The Morgan fingerprint density at radius 3 is 2.83 bits per heavy atom. The van der Waals surface area contributed by atoms with Crippen LogP contribution in [0.4, 0.5) is 5.69 Å². The van der Waals surface area contributed by atoms with Gasteiger partial charge in [-0.3, -0.25) is 0 Å².